The fourth-order valence-corrected chi connectivity index (χ4v) is 12.9. The van der Waals surface area contributed by atoms with E-state index >= 15 is 0 Å². The molecule has 1 saturated heterocycles. The Kier molecular flexibility index (Phi) is 9.17. The van der Waals surface area contributed by atoms with Crippen LogP contribution in [0.5, 0.6) is 0 Å². The van der Waals surface area contributed by atoms with Gasteiger partial charge in [-0.05, 0) is 124 Å². The van der Waals surface area contributed by atoms with Crippen LogP contribution in [0.4, 0.5) is 0 Å². The molecule has 4 saturated carbocycles. The molecule has 7 nitrogen and oxygen atoms in total. The summed E-state index contributed by atoms with van der Waals surface area (Å²) in [7, 11) is 0. The van der Waals surface area contributed by atoms with Gasteiger partial charge in [-0.15, -0.1) is 0 Å². The maximum Gasteiger partial charge on any atom is 0.309 e. The summed E-state index contributed by atoms with van der Waals surface area (Å²) in [6.45, 7) is 23.8. The summed E-state index contributed by atoms with van der Waals surface area (Å²) < 4.78 is 11.6. The Balaban J connectivity index is 1.25. The molecule has 0 unspecified atom stereocenters. The van der Waals surface area contributed by atoms with Gasteiger partial charge in [0.2, 0.25) is 0 Å². The lowest BCUT2D eigenvalue weighted by molar-refractivity contribution is -0.233. The molecule has 1 aliphatic heterocycles. The summed E-state index contributed by atoms with van der Waals surface area (Å²) in [5, 5.41) is 13.3. The quantitative estimate of drug-likeness (QED) is 0.180. The minimum atomic E-state index is -1.14. The van der Waals surface area contributed by atoms with Crippen molar-refractivity contribution in [2.75, 3.05) is 26.3 Å². The summed E-state index contributed by atoms with van der Waals surface area (Å²) in [6.07, 6.45) is 10.2. The minimum absolute atomic E-state index is 0.00735. The highest BCUT2D eigenvalue weighted by Crippen LogP contribution is 2.77. The van der Waals surface area contributed by atoms with Crippen molar-refractivity contribution >= 4 is 17.7 Å². The smallest absolute Gasteiger partial charge is 0.309 e. The molecule has 270 valence electrons. The molecule has 5 aliphatic carbocycles. The van der Waals surface area contributed by atoms with E-state index in [4.69, 9.17) is 9.47 Å². The molecule has 0 bridgehead atoms. The molecule has 7 heteroatoms. The van der Waals surface area contributed by atoms with Crippen molar-refractivity contribution < 1.29 is 29.0 Å². The van der Waals surface area contributed by atoms with Gasteiger partial charge in [-0.2, -0.15) is 0 Å². The van der Waals surface area contributed by atoms with E-state index in [9.17, 15) is 19.5 Å². The van der Waals surface area contributed by atoms with Gasteiger partial charge in [-0.25, -0.2) is 0 Å². The zero-order chi connectivity index (χ0) is 35.1. The number of nitrogens with one attached hydrogen (secondary N) is 1. The van der Waals surface area contributed by atoms with Crippen LogP contribution in [0.3, 0.4) is 0 Å². The number of carboxylic acid groups (broad SMARTS) is 1. The van der Waals surface area contributed by atoms with E-state index in [1.54, 1.807) is 19.4 Å². The molecule has 0 amide bonds. The number of ketones is 1. The Morgan fingerprint density at radius 1 is 0.958 bits per heavy atom. The summed E-state index contributed by atoms with van der Waals surface area (Å²) in [6, 6.07) is 0. The highest BCUT2D eigenvalue weighted by Gasteiger charge is 2.70. The van der Waals surface area contributed by atoms with Gasteiger partial charge < -0.3 is 19.9 Å². The summed E-state index contributed by atoms with van der Waals surface area (Å²) >= 11 is 0. The van der Waals surface area contributed by atoms with Crippen molar-refractivity contribution in [3.63, 3.8) is 0 Å². The Bertz CT molecular complexity index is 1340. The Morgan fingerprint density at radius 3 is 2.29 bits per heavy atom. The number of esters is 1. The summed E-state index contributed by atoms with van der Waals surface area (Å²) in [5.41, 5.74) is 1.86. The second-order valence-corrected chi connectivity index (χ2v) is 19.5. The molecule has 0 aromatic rings. The number of hydrogen-bond acceptors (Lipinski definition) is 6. The van der Waals surface area contributed by atoms with Crippen molar-refractivity contribution in [3.05, 3.63) is 11.1 Å². The monoisotopic (exact) mass is 667 g/mol. The maximum atomic E-state index is 13.9. The van der Waals surface area contributed by atoms with E-state index in [0.717, 1.165) is 71.2 Å². The van der Waals surface area contributed by atoms with Gasteiger partial charge in [-0.3, -0.25) is 14.4 Å². The van der Waals surface area contributed by atoms with Crippen LogP contribution in [0.15, 0.2) is 11.1 Å². The van der Waals surface area contributed by atoms with Gasteiger partial charge in [-0.1, -0.05) is 54.0 Å². The first-order valence-corrected chi connectivity index (χ1v) is 19.3. The molecule has 0 aromatic heterocycles. The Labute approximate surface area is 290 Å². The molecule has 6 aliphatic rings. The lowest BCUT2D eigenvalue weighted by Crippen LogP contribution is -2.65. The number of Topliss-reactive ketones (excluding diaryl/α,β-unsaturated/α-hetero) is 1. The van der Waals surface area contributed by atoms with Crippen LogP contribution in [-0.2, 0) is 23.9 Å². The van der Waals surface area contributed by atoms with Crippen molar-refractivity contribution in [1.82, 2.24) is 5.32 Å². The van der Waals surface area contributed by atoms with Gasteiger partial charge in [0.1, 0.15) is 6.10 Å². The highest BCUT2D eigenvalue weighted by molar-refractivity contribution is 6.00. The zero-order valence-electron chi connectivity index (χ0n) is 31.6. The van der Waals surface area contributed by atoms with E-state index in [0.29, 0.717) is 35.9 Å². The number of carbonyl (C=O) groups is 3. The second kappa shape index (κ2) is 12.2. The molecule has 0 aromatic carbocycles. The topological polar surface area (TPSA) is 102 Å². The SMILES string of the molecule is CC(C)C1=C2[C@H]3CC[C@@H]4[C@@]5(C)CC[C@H](OC(=O)CC(C)(C)C(=O)O)C(C)(C)[C@@H]5CC[C@@]4(C)[C@]3(C)CC[C@@]2(CCNCC2COC2)CC1=O. The molecule has 0 spiro atoms. The van der Waals surface area contributed by atoms with E-state index in [-0.39, 0.29) is 45.5 Å². The first-order valence-electron chi connectivity index (χ1n) is 19.3. The number of rotatable bonds is 10. The van der Waals surface area contributed by atoms with Gasteiger partial charge in [0, 0.05) is 29.7 Å². The van der Waals surface area contributed by atoms with Gasteiger partial charge >= 0.3 is 11.9 Å². The van der Waals surface area contributed by atoms with Crippen LogP contribution < -0.4 is 5.32 Å². The molecular formula is C41H65NO6. The third kappa shape index (κ3) is 5.45. The molecule has 48 heavy (non-hydrogen) atoms. The standard InChI is InChI=1S/C41H65NO6/c1-25(2)33-28(43)20-41(18-19-42-22-26-23-47-24-26)17-16-39(8)27(34(33)41)10-11-30-38(7)14-13-31(48-32(44)21-36(3,4)35(45)46)37(5,6)29(38)12-15-40(30,39)9/h25-27,29-31,42H,10-24H2,1-9H3,(H,45,46)/t27-,29+,30-,31+,38+,39-,40-,41-/m1/s1. The first-order chi connectivity index (χ1) is 22.3. The largest absolute Gasteiger partial charge is 0.481 e. The number of hydrogen-bond donors (Lipinski definition) is 2. The van der Waals surface area contributed by atoms with E-state index in [1.807, 2.05) is 0 Å². The van der Waals surface area contributed by atoms with E-state index < -0.39 is 17.4 Å². The lowest BCUT2D eigenvalue weighted by Gasteiger charge is -2.72. The van der Waals surface area contributed by atoms with Crippen molar-refractivity contribution in [2.45, 2.75) is 139 Å². The number of allylic oxidation sites excluding steroid dienone is 2. The van der Waals surface area contributed by atoms with Crippen LogP contribution >= 0.6 is 0 Å². The van der Waals surface area contributed by atoms with Gasteiger partial charge in [0.25, 0.3) is 0 Å². The van der Waals surface area contributed by atoms with Gasteiger partial charge in [0.05, 0.1) is 25.0 Å². The van der Waals surface area contributed by atoms with Crippen molar-refractivity contribution in [2.24, 2.45) is 62.1 Å². The zero-order valence-corrected chi connectivity index (χ0v) is 31.6. The molecule has 6 rings (SSSR count). The van der Waals surface area contributed by atoms with Crippen LogP contribution in [0.2, 0.25) is 0 Å². The molecule has 0 radical (unpaired) electrons. The number of carboxylic acids is 1. The number of ether oxygens (including phenoxy) is 2. The number of fused-ring (bicyclic) bond motifs is 7. The normalized spacial score (nSPS) is 40.8. The maximum absolute atomic E-state index is 13.9. The van der Waals surface area contributed by atoms with Crippen molar-refractivity contribution in [3.8, 4) is 0 Å². The first kappa shape index (κ1) is 36.1. The molecular weight excluding hydrogens is 602 g/mol. The molecule has 2 N–H and O–H groups in total. The van der Waals surface area contributed by atoms with Crippen LogP contribution in [0, 0.1) is 62.1 Å². The van der Waals surface area contributed by atoms with Crippen LogP contribution in [0.1, 0.15) is 133 Å². The highest BCUT2D eigenvalue weighted by atomic mass is 16.5. The lowest BCUT2D eigenvalue weighted by atomic mass is 9.33. The minimum Gasteiger partial charge on any atom is -0.481 e. The van der Waals surface area contributed by atoms with Crippen molar-refractivity contribution in [1.29, 1.82) is 0 Å². The average molecular weight is 668 g/mol. The van der Waals surface area contributed by atoms with E-state index in [1.165, 1.54) is 18.4 Å². The third-order valence-corrected chi connectivity index (χ3v) is 15.9. The van der Waals surface area contributed by atoms with E-state index in [2.05, 4.69) is 53.8 Å². The predicted octanol–water partition coefficient (Wildman–Crippen LogP) is 8.01. The second-order valence-electron chi connectivity index (χ2n) is 19.5. The molecule has 8 atom stereocenters. The number of carbonyl (C=O) groups excluding carboxylic acids is 2. The third-order valence-electron chi connectivity index (χ3n) is 15.9. The van der Waals surface area contributed by atoms with Crippen LogP contribution in [0.25, 0.3) is 0 Å². The van der Waals surface area contributed by atoms with Crippen LogP contribution in [-0.4, -0.2) is 55.2 Å². The summed E-state index contributed by atoms with van der Waals surface area (Å²) in [5.74, 6) is 1.40. The van der Waals surface area contributed by atoms with Gasteiger partial charge in [0.15, 0.2) is 5.78 Å². The molecule has 1 heterocycles. The fourth-order valence-electron chi connectivity index (χ4n) is 12.9. The predicted molar refractivity (Wildman–Crippen MR) is 187 cm³/mol. The summed E-state index contributed by atoms with van der Waals surface area (Å²) in [4.78, 5) is 38.7. The average Bonchev–Trinajstić information content (AvgIpc) is 3.25. The molecule has 5 fully saturated rings. The number of aliphatic carboxylic acids is 1. The Hall–Kier alpha value is -1.73. The fraction of sp³-hybridized carbons (Fsp3) is 0.878. The Morgan fingerprint density at radius 2 is 1.67 bits per heavy atom.